The first-order chi connectivity index (χ1) is 7.04. The Morgan fingerprint density at radius 1 is 1.40 bits per heavy atom. The molecule has 0 aliphatic carbocycles. The van der Waals surface area contributed by atoms with Gasteiger partial charge in [0.2, 0.25) is 0 Å². The van der Waals surface area contributed by atoms with Gasteiger partial charge in [-0.1, -0.05) is 0 Å². The molecule has 0 aliphatic rings. The summed E-state index contributed by atoms with van der Waals surface area (Å²) in [5.41, 5.74) is 0.360. The molecule has 1 rings (SSSR count). The predicted molar refractivity (Wildman–Crippen MR) is 51.9 cm³/mol. The average molecular weight is 215 g/mol. The van der Waals surface area contributed by atoms with Crippen LogP contribution in [-0.2, 0) is 4.79 Å². The van der Waals surface area contributed by atoms with Crippen LogP contribution in [0.4, 0.5) is 14.5 Å². The van der Waals surface area contributed by atoms with E-state index in [4.69, 9.17) is 5.11 Å². The van der Waals surface area contributed by atoms with Gasteiger partial charge in [-0.25, -0.2) is 8.78 Å². The Labute approximate surface area is 85.9 Å². The Morgan fingerprint density at radius 3 is 2.53 bits per heavy atom. The summed E-state index contributed by atoms with van der Waals surface area (Å²) in [5, 5.41) is 8.59. The number of aliphatic carboxylic acids is 1. The molecule has 0 bridgehead atoms. The molecule has 0 heterocycles. The zero-order valence-electron chi connectivity index (χ0n) is 8.20. The predicted octanol–water partition coefficient (Wildman–Crippen LogP) is 1.88. The maximum Gasteiger partial charge on any atom is 0.323 e. The van der Waals surface area contributed by atoms with E-state index in [9.17, 15) is 13.6 Å². The van der Waals surface area contributed by atoms with Crippen molar-refractivity contribution >= 4 is 11.7 Å². The number of hydrogen-bond acceptors (Lipinski definition) is 2. The third kappa shape index (κ3) is 2.90. The second kappa shape index (κ2) is 4.72. The van der Waals surface area contributed by atoms with Crippen molar-refractivity contribution in [2.75, 3.05) is 18.0 Å². The van der Waals surface area contributed by atoms with Gasteiger partial charge in [-0.15, -0.1) is 0 Å². The van der Waals surface area contributed by atoms with Crippen LogP contribution in [0.25, 0.3) is 0 Å². The molecule has 0 saturated carbocycles. The standard InChI is InChI=1S/C10H11F2NO2/c1-2-13(6-10(14)15)7-3-4-8(11)9(12)5-7/h3-5H,2,6H2,1H3,(H,14,15). The lowest BCUT2D eigenvalue weighted by atomic mass is 10.2. The molecule has 0 fully saturated rings. The molecule has 1 N–H and O–H groups in total. The van der Waals surface area contributed by atoms with Crippen LogP contribution in [0.2, 0.25) is 0 Å². The zero-order chi connectivity index (χ0) is 11.4. The van der Waals surface area contributed by atoms with Gasteiger partial charge < -0.3 is 10.0 Å². The SMILES string of the molecule is CCN(CC(=O)O)c1ccc(F)c(F)c1. The second-order valence-corrected chi connectivity index (χ2v) is 3.01. The maximum atomic E-state index is 12.9. The number of halogens is 2. The number of anilines is 1. The van der Waals surface area contributed by atoms with Crippen molar-refractivity contribution in [2.24, 2.45) is 0 Å². The highest BCUT2D eigenvalue weighted by Gasteiger charge is 2.10. The first kappa shape index (κ1) is 11.4. The fraction of sp³-hybridized carbons (Fsp3) is 0.300. The lowest BCUT2D eigenvalue weighted by Crippen LogP contribution is -2.29. The number of benzene rings is 1. The van der Waals surface area contributed by atoms with Crippen LogP contribution in [-0.4, -0.2) is 24.2 Å². The van der Waals surface area contributed by atoms with Crippen LogP contribution in [0, 0.1) is 11.6 Å². The monoisotopic (exact) mass is 215 g/mol. The van der Waals surface area contributed by atoms with E-state index in [2.05, 4.69) is 0 Å². The minimum atomic E-state index is -1.01. The van der Waals surface area contributed by atoms with E-state index in [0.29, 0.717) is 12.2 Å². The summed E-state index contributed by atoms with van der Waals surface area (Å²) in [6.45, 7) is 1.92. The van der Waals surface area contributed by atoms with E-state index < -0.39 is 17.6 Å². The van der Waals surface area contributed by atoms with Gasteiger partial charge in [0.25, 0.3) is 0 Å². The van der Waals surface area contributed by atoms with Crippen molar-refractivity contribution < 1.29 is 18.7 Å². The molecule has 0 aliphatic heterocycles. The molecule has 0 atom stereocenters. The molecule has 0 spiro atoms. The van der Waals surface area contributed by atoms with E-state index in [0.717, 1.165) is 12.1 Å². The quantitative estimate of drug-likeness (QED) is 0.833. The molecule has 0 aromatic heterocycles. The van der Waals surface area contributed by atoms with E-state index in [1.807, 2.05) is 0 Å². The number of carboxylic acids is 1. The summed E-state index contributed by atoms with van der Waals surface area (Å²) < 4.78 is 25.5. The normalized spacial score (nSPS) is 10.1. The Bertz CT molecular complexity index is 368. The van der Waals surface area contributed by atoms with Crippen LogP contribution in [0.15, 0.2) is 18.2 Å². The minimum absolute atomic E-state index is 0.235. The molecule has 82 valence electrons. The lowest BCUT2D eigenvalue weighted by Gasteiger charge is -2.20. The van der Waals surface area contributed by atoms with E-state index >= 15 is 0 Å². The van der Waals surface area contributed by atoms with Gasteiger partial charge in [-0.3, -0.25) is 4.79 Å². The minimum Gasteiger partial charge on any atom is -0.480 e. The number of hydrogen-bond donors (Lipinski definition) is 1. The lowest BCUT2D eigenvalue weighted by molar-refractivity contribution is -0.135. The fourth-order valence-electron chi connectivity index (χ4n) is 1.23. The van der Waals surface area contributed by atoms with Crippen LogP contribution >= 0.6 is 0 Å². The molecule has 3 nitrogen and oxygen atoms in total. The molecule has 15 heavy (non-hydrogen) atoms. The van der Waals surface area contributed by atoms with E-state index in [1.165, 1.54) is 11.0 Å². The summed E-state index contributed by atoms with van der Waals surface area (Å²) in [6, 6.07) is 3.32. The van der Waals surface area contributed by atoms with Gasteiger partial charge in [0.15, 0.2) is 11.6 Å². The second-order valence-electron chi connectivity index (χ2n) is 3.01. The number of nitrogens with zero attached hydrogens (tertiary/aromatic N) is 1. The molecule has 5 heteroatoms. The molecule has 0 saturated heterocycles. The molecule has 1 aromatic carbocycles. The Balaban J connectivity index is 2.92. The van der Waals surface area contributed by atoms with Gasteiger partial charge in [0, 0.05) is 18.3 Å². The Morgan fingerprint density at radius 2 is 2.07 bits per heavy atom. The highest BCUT2D eigenvalue weighted by atomic mass is 19.2. The van der Waals surface area contributed by atoms with Crippen LogP contribution in [0.5, 0.6) is 0 Å². The summed E-state index contributed by atoms with van der Waals surface area (Å²) in [7, 11) is 0. The fourth-order valence-corrected chi connectivity index (χ4v) is 1.23. The largest absolute Gasteiger partial charge is 0.480 e. The first-order valence-electron chi connectivity index (χ1n) is 4.46. The molecule has 1 aromatic rings. The van der Waals surface area contributed by atoms with Crippen molar-refractivity contribution in [3.05, 3.63) is 29.8 Å². The summed E-state index contributed by atoms with van der Waals surface area (Å²) >= 11 is 0. The first-order valence-corrected chi connectivity index (χ1v) is 4.46. The summed E-state index contributed by atoms with van der Waals surface area (Å²) in [5.74, 6) is -2.93. The van der Waals surface area contributed by atoms with Crippen molar-refractivity contribution in [2.45, 2.75) is 6.92 Å². The summed E-state index contributed by atoms with van der Waals surface area (Å²) in [4.78, 5) is 11.9. The number of carbonyl (C=O) groups is 1. The zero-order valence-corrected chi connectivity index (χ0v) is 8.20. The van der Waals surface area contributed by atoms with Crippen LogP contribution in [0.3, 0.4) is 0 Å². The highest BCUT2D eigenvalue weighted by molar-refractivity contribution is 5.73. The van der Waals surface area contributed by atoms with Gasteiger partial charge in [0.05, 0.1) is 0 Å². The van der Waals surface area contributed by atoms with Gasteiger partial charge >= 0.3 is 5.97 Å². The average Bonchev–Trinajstić information content (AvgIpc) is 2.18. The van der Waals surface area contributed by atoms with Crippen LogP contribution in [0.1, 0.15) is 6.92 Å². The molecule has 0 amide bonds. The van der Waals surface area contributed by atoms with Gasteiger partial charge in [-0.2, -0.15) is 0 Å². The van der Waals surface area contributed by atoms with E-state index in [-0.39, 0.29) is 6.54 Å². The maximum absolute atomic E-state index is 12.9. The van der Waals surface area contributed by atoms with Crippen molar-refractivity contribution in [3.8, 4) is 0 Å². The number of likely N-dealkylation sites (N-methyl/N-ethyl adjacent to an activating group) is 1. The molecule has 0 unspecified atom stereocenters. The van der Waals surface area contributed by atoms with Crippen molar-refractivity contribution in [3.63, 3.8) is 0 Å². The molecular weight excluding hydrogens is 204 g/mol. The molecule has 0 radical (unpaired) electrons. The van der Waals surface area contributed by atoms with Gasteiger partial charge in [-0.05, 0) is 19.1 Å². The number of carboxylic acid groups (broad SMARTS) is 1. The third-order valence-electron chi connectivity index (χ3n) is 1.98. The highest BCUT2D eigenvalue weighted by Crippen LogP contribution is 2.17. The number of rotatable bonds is 4. The van der Waals surface area contributed by atoms with Crippen molar-refractivity contribution in [1.29, 1.82) is 0 Å². The van der Waals surface area contributed by atoms with Gasteiger partial charge in [0.1, 0.15) is 6.54 Å². The van der Waals surface area contributed by atoms with Crippen molar-refractivity contribution in [1.82, 2.24) is 0 Å². The topological polar surface area (TPSA) is 40.5 Å². The van der Waals surface area contributed by atoms with E-state index in [1.54, 1.807) is 6.92 Å². The smallest absolute Gasteiger partial charge is 0.323 e. The molecular formula is C10H11F2NO2. The third-order valence-corrected chi connectivity index (χ3v) is 1.98. The Hall–Kier alpha value is -1.65. The van der Waals surface area contributed by atoms with Crippen LogP contribution < -0.4 is 4.90 Å². The summed E-state index contributed by atoms with van der Waals surface area (Å²) in [6.07, 6.45) is 0. The Kier molecular flexibility index (Phi) is 3.60.